The summed E-state index contributed by atoms with van der Waals surface area (Å²) in [5.41, 5.74) is 4.51. The summed E-state index contributed by atoms with van der Waals surface area (Å²) in [4.78, 5) is 14.9. The van der Waals surface area contributed by atoms with Crippen LogP contribution in [0.5, 0.6) is 0 Å². The van der Waals surface area contributed by atoms with Crippen LogP contribution >= 0.6 is 0 Å². The molecule has 190 valence electrons. The highest BCUT2D eigenvalue weighted by Crippen LogP contribution is 2.45. The van der Waals surface area contributed by atoms with Crippen molar-refractivity contribution in [2.24, 2.45) is 0 Å². The Kier molecular flexibility index (Phi) is 4.58. The fourth-order valence-corrected chi connectivity index (χ4v) is 6.14. The van der Waals surface area contributed by atoms with Crippen molar-refractivity contribution in [3.63, 3.8) is 0 Å². The number of aromatic nitrogens is 3. The first kappa shape index (κ1) is 22.2. The molecule has 0 atom stereocenters. The molecule has 0 saturated heterocycles. The molecule has 0 aliphatic heterocycles. The quantitative estimate of drug-likeness (QED) is 0.171. The van der Waals surface area contributed by atoms with Gasteiger partial charge in [-0.25, -0.2) is 15.0 Å². The second-order valence-corrected chi connectivity index (χ2v) is 10.5. The molecule has 0 N–H and O–H groups in total. The Morgan fingerprint density at radius 2 is 0.902 bits per heavy atom. The zero-order valence-corrected chi connectivity index (χ0v) is 21.9. The van der Waals surface area contributed by atoms with E-state index in [-0.39, 0.29) is 0 Å². The van der Waals surface area contributed by atoms with E-state index in [0.29, 0.717) is 17.5 Å². The van der Waals surface area contributed by atoms with Gasteiger partial charge in [-0.2, -0.15) is 0 Å². The van der Waals surface area contributed by atoms with Crippen LogP contribution in [-0.2, 0) is 0 Å². The number of furan rings is 1. The van der Waals surface area contributed by atoms with Crippen LogP contribution in [0.1, 0.15) is 0 Å². The SMILES string of the molecule is c1ccc(-c2nc(-c3ccccc3)nc(-c3cc4oc5cccc6c7cc8ccccc8cc7c(c3)c4c56)n2)cc1. The van der Waals surface area contributed by atoms with Crippen molar-refractivity contribution in [3.8, 4) is 34.2 Å². The first-order valence-electron chi connectivity index (χ1n) is 13.7. The molecule has 0 unspecified atom stereocenters. The molecule has 0 radical (unpaired) electrons. The van der Waals surface area contributed by atoms with E-state index in [9.17, 15) is 0 Å². The maximum absolute atomic E-state index is 6.50. The van der Waals surface area contributed by atoms with E-state index >= 15 is 0 Å². The number of hydrogen-bond acceptors (Lipinski definition) is 4. The summed E-state index contributed by atoms with van der Waals surface area (Å²) in [7, 11) is 0. The Labute approximate surface area is 234 Å². The molecule has 41 heavy (non-hydrogen) atoms. The molecular weight excluding hydrogens is 502 g/mol. The van der Waals surface area contributed by atoms with Crippen molar-refractivity contribution in [2.45, 2.75) is 0 Å². The average Bonchev–Trinajstić information content (AvgIpc) is 3.43. The zero-order valence-electron chi connectivity index (χ0n) is 21.9. The third-order valence-electron chi connectivity index (χ3n) is 8.02. The Morgan fingerprint density at radius 3 is 1.54 bits per heavy atom. The van der Waals surface area contributed by atoms with E-state index in [1.807, 2.05) is 60.7 Å². The van der Waals surface area contributed by atoms with Gasteiger partial charge in [-0.15, -0.1) is 0 Å². The topological polar surface area (TPSA) is 51.8 Å². The van der Waals surface area contributed by atoms with Crippen molar-refractivity contribution >= 4 is 54.3 Å². The lowest BCUT2D eigenvalue weighted by Crippen LogP contribution is -2.00. The zero-order chi connectivity index (χ0) is 26.9. The second kappa shape index (κ2) is 8.44. The van der Waals surface area contributed by atoms with Gasteiger partial charge < -0.3 is 4.42 Å². The maximum Gasteiger partial charge on any atom is 0.164 e. The van der Waals surface area contributed by atoms with Gasteiger partial charge in [0, 0.05) is 27.5 Å². The van der Waals surface area contributed by atoms with Gasteiger partial charge in [-0.05, 0) is 62.6 Å². The van der Waals surface area contributed by atoms with Crippen LogP contribution in [0.4, 0.5) is 0 Å². The molecule has 0 spiro atoms. The smallest absolute Gasteiger partial charge is 0.164 e. The summed E-state index contributed by atoms with van der Waals surface area (Å²) in [5, 5.41) is 9.49. The van der Waals surface area contributed by atoms with Crippen LogP contribution < -0.4 is 0 Å². The van der Waals surface area contributed by atoms with Gasteiger partial charge in [0.25, 0.3) is 0 Å². The van der Waals surface area contributed by atoms with E-state index in [4.69, 9.17) is 19.4 Å². The predicted octanol–water partition coefficient (Wildman–Crippen LogP) is 9.67. The van der Waals surface area contributed by atoms with Crippen molar-refractivity contribution in [2.75, 3.05) is 0 Å². The Hall–Kier alpha value is -5.61. The van der Waals surface area contributed by atoms with Gasteiger partial charge in [0.05, 0.1) is 0 Å². The van der Waals surface area contributed by atoms with E-state index in [2.05, 4.69) is 66.7 Å². The summed E-state index contributed by atoms with van der Waals surface area (Å²) in [6.45, 7) is 0. The van der Waals surface area contributed by atoms with Gasteiger partial charge in [0.2, 0.25) is 0 Å². The number of benzene rings is 7. The van der Waals surface area contributed by atoms with E-state index in [1.54, 1.807) is 0 Å². The summed E-state index contributed by atoms with van der Waals surface area (Å²) < 4.78 is 6.50. The summed E-state index contributed by atoms with van der Waals surface area (Å²) >= 11 is 0. The highest BCUT2D eigenvalue weighted by molar-refractivity contribution is 6.34. The molecule has 0 aliphatic rings. The Balaban J connectivity index is 1.39. The normalized spacial score (nSPS) is 11.9. The molecule has 0 fully saturated rings. The van der Waals surface area contributed by atoms with Crippen molar-refractivity contribution < 1.29 is 4.42 Å². The molecular formula is C37H21N3O. The molecule has 0 amide bonds. The Bertz CT molecular complexity index is 2350. The first-order chi connectivity index (χ1) is 20.3. The van der Waals surface area contributed by atoms with Crippen molar-refractivity contribution in [1.82, 2.24) is 15.0 Å². The molecule has 0 aliphatic carbocycles. The van der Waals surface area contributed by atoms with Gasteiger partial charge in [-0.1, -0.05) is 97.1 Å². The molecule has 4 nitrogen and oxygen atoms in total. The molecule has 2 heterocycles. The van der Waals surface area contributed by atoms with Gasteiger partial charge >= 0.3 is 0 Å². The monoisotopic (exact) mass is 523 g/mol. The standard InChI is InChI=1S/C37H21N3O/c1-3-10-22(11-4-1)35-38-36(23-12-5-2-6-13-23)40-37(39-35)26-20-30-29-19-25-15-8-7-14-24(25)18-28(29)27-16-9-17-31-33(27)34(30)32(21-26)41-31/h1-21H. The van der Waals surface area contributed by atoms with Crippen LogP contribution in [0.2, 0.25) is 0 Å². The summed E-state index contributed by atoms with van der Waals surface area (Å²) in [6.07, 6.45) is 0. The fraction of sp³-hybridized carbons (Fsp3) is 0. The number of fused-ring (bicyclic) bond motifs is 4. The van der Waals surface area contributed by atoms with E-state index < -0.39 is 0 Å². The van der Waals surface area contributed by atoms with Gasteiger partial charge in [0.1, 0.15) is 11.2 Å². The minimum Gasteiger partial charge on any atom is -0.456 e. The predicted molar refractivity (Wildman–Crippen MR) is 167 cm³/mol. The molecule has 9 aromatic rings. The molecule has 0 saturated carbocycles. The second-order valence-electron chi connectivity index (χ2n) is 10.5. The van der Waals surface area contributed by atoms with Gasteiger partial charge in [-0.3, -0.25) is 0 Å². The highest BCUT2D eigenvalue weighted by atomic mass is 16.3. The number of rotatable bonds is 3. The molecule has 0 bridgehead atoms. The number of nitrogens with zero attached hydrogens (tertiary/aromatic N) is 3. The van der Waals surface area contributed by atoms with Crippen LogP contribution in [-0.4, -0.2) is 15.0 Å². The number of hydrogen-bond donors (Lipinski definition) is 0. The van der Waals surface area contributed by atoms with E-state index in [1.165, 1.54) is 26.9 Å². The highest BCUT2D eigenvalue weighted by Gasteiger charge is 2.20. The van der Waals surface area contributed by atoms with Crippen LogP contribution in [0.3, 0.4) is 0 Å². The fourth-order valence-electron chi connectivity index (χ4n) is 6.14. The van der Waals surface area contributed by atoms with Crippen molar-refractivity contribution in [3.05, 3.63) is 127 Å². The summed E-state index contributed by atoms with van der Waals surface area (Å²) in [5.74, 6) is 1.90. The lowest BCUT2D eigenvalue weighted by molar-refractivity contribution is 0.669. The largest absolute Gasteiger partial charge is 0.456 e. The van der Waals surface area contributed by atoms with Crippen molar-refractivity contribution in [1.29, 1.82) is 0 Å². The van der Waals surface area contributed by atoms with E-state index in [0.717, 1.165) is 44.0 Å². The molecule has 4 heteroatoms. The lowest BCUT2D eigenvalue weighted by atomic mass is 9.91. The minimum atomic E-state index is 0.615. The Morgan fingerprint density at radius 1 is 0.366 bits per heavy atom. The van der Waals surface area contributed by atoms with Crippen LogP contribution in [0.25, 0.3) is 88.4 Å². The maximum atomic E-state index is 6.50. The van der Waals surface area contributed by atoms with Crippen LogP contribution in [0.15, 0.2) is 132 Å². The third kappa shape index (κ3) is 3.38. The van der Waals surface area contributed by atoms with Crippen LogP contribution in [0, 0.1) is 0 Å². The first-order valence-corrected chi connectivity index (χ1v) is 13.7. The molecule has 2 aromatic heterocycles. The lowest BCUT2D eigenvalue weighted by Gasteiger charge is -2.12. The molecule has 7 aromatic carbocycles. The minimum absolute atomic E-state index is 0.615. The average molecular weight is 524 g/mol. The summed E-state index contributed by atoms with van der Waals surface area (Å²) in [6, 6.07) is 43.9. The van der Waals surface area contributed by atoms with Gasteiger partial charge in [0.15, 0.2) is 17.5 Å². The third-order valence-corrected chi connectivity index (χ3v) is 8.02. The molecule has 9 rings (SSSR count).